The Morgan fingerprint density at radius 3 is 2.76 bits per heavy atom. The molecular formula is C14H14N2O3S2. The van der Waals surface area contributed by atoms with Gasteiger partial charge in [0.15, 0.2) is 5.13 Å². The number of para-hydroxylation sites is 1. The maximum absolute atomic E-state index is 12.3. The molecule has 0 bridgehead atoms. The van der Waals surface area contributed by atoms with Crippen molar-refractivity contribution in [2.75, 3.05) is 5.32 Å². The highest BCUT2D eigenvalue weighted by Gasteiger charge is 2.18. The molecule has 21 heavy (non-hydrogen) atoms. The van der Waals surface area contributed by atoms with Crippen molar-refractivity contribution in [3.8, 4) is 5.75 Å². The lowest BCUT2D eigenvalue weighted by molar-refractivity contribution is -0.131. The molecule has 1 aromatic heterocycles. The number of rotatable bonds is 4. The summed E-state index contributed by atoms with van der Waals surface area (Å²) in [5.74, 6) is -0.534. The highest BCUT2D eigenvalue weighted by atomic mass is 32.2. The Hall–Kier alpha value is -1.86. The minimum atomic E-state index is -0.461. The first-order valence-corrected chi connectivity index (χ1v) is 7.54. The highest BCUT2D eigenvalue weighted by molar-refractivity contribution is 7.83. The summed E-state index contributed by atoms with van der Waals surface area (Å²) >= 11 is 5.40. The molecule has 0 saturated heterocycles. The fourth-order valence-corrected chi connectivity index (χ4v) is 2.66. The molecule has 0 atom stereocenters. The zero-order valence-corrected chi connectivity index (χ0v) is 13.3. The van der Waals surface area contributed by atoms with E-state index in [1.54, 1.807) is 18.3 Å². The van der Waals surface area contributed by atoms with Crippen LogP contribution in [0, 0.1) is 0 Å². The lowest BCUT2D eigenvalue weighted by Gasteiger charge is -2.12. The first kappa shape index (κ1) is 15.5. The van der Waals surface area contributed by atoms with E-state index in [9.17, 15) is 9.59 Å². The van der Waals surface area contributed by atoms with E-state index in [1.807, 2.05) is 13.0 Å². The predicted octanol–water partition coefficient (Wildman–Crippen LogP) is 3.17. The second-order valence-electron chi connectivity index (χ2n) is 4.20. The lowest BCUT2D eigenvalue weighted by Crippen LogP contribution is -2.16. The van der Waals surface area contributed by atoms with Crippen LogP contribution in [0.4, 0.5) is 5.13 Å². The monoisotopic (exact) mass is 322 g/mol. The van der Waals surface area contributed by atoms with E-state index in [-0.39, 0.29) is 5.91 Å². The van der Waals surface area contributed by atoms with Crippen molar-refractivity contribution in [1.82, 2.24) is 4.98 Å². The van der Waals surface area contributed by atoms with E-state index in [0.29, 0.717) is 27.1 Å². The normalized spacial score (nSPS) is 10.2. The first-order chi connectivity index (χ1) is 10.0. The van der Waals surface area contributed by atoms with Gasteiger partial charge in [-0.1, -0.05) is 30.4 Å². The van der Waals surface area contributed by atoms with Crippen molar-refractivity contribution in [2.24, 2.45) is 0 Å². The molecule has 0 aliphatic rings. The Bertz CT molecular complexity index is 683. The molecule has 110 valence electrons. The summed E-state index contributed by atoms with van der Waals surface area (Å²) in [6.45, 7) is 3.24. The number of aryl methyl sites for hydroxylation is 1. The maximum atomic E-state index is 12.3. The average Bonchev–Trinajstić information content (AvgIpc) is 2.83. The van der Waals surface area contributed by atoms with Gasteiger partial charge in [-0.05, 0) is 18.1 Å². The molecule has 0 spiro atoms. The smallest absolute Gasteiger partial charge is 0.308 e. The Labute approximate surface area is 131 Å². The number of thiazole rings is 1. The van der Waals surface area contributed by atoms with E-state index in [1.165, 1.54) is 18.3 Å². The zero-order chi connectivity index (χ0) is 15.4. The van der Waals surface area contributed by atoms with Crippen molar-refractivity contribution in [3.63, 3.8) is 0 Å². The summed E-state index contributed by atoms with van der Waals surface area (Å²) < 4.78 is 5.90. The van der Waals surface area contributed by atoms with E-state index < -0.39 is 5.97 Å². The van der Waals surface area contributed by atoms with Crippen LogP contribution >= 0.6 is 24.0 Å². The fourth-order valence-electron chi connectivity index (χ4n) is 1.79. The summed E-state index contributed by atoms with van der Waals surface area (Å²) in [6.07, 6.45) is 2.21. The van der Waals surface area contributed by atoms with Gasteiger partial charge in [-0.15, -0.1) is 12.6 Å². The quantitative estimate of drug-likeness (QED) is 0.515. The number of aromatic nitrogens is 1. The van der Waals surface area contributed by atoms with Crippen LogP contribution in [0.25, 0.3) is 0 Å². The molecule has 1 amide bonds. The topological polar surface area (TPSA) is 68.3 Å². The largest absolute Gasteiger partial charge is 0.426 e. The number of hydrogen-bond acceptors (Lipinski definition) is 6. The summed E-state index contributed by atoms with van der Waals surface area (Å²) in [5, 5.41) is 3.12. The molecule has 5 nitrogen and oxygen atoms in total. The third-order valence-corrected chi connectivity index (χ3v) is 3.79. The van der Waals surface area contributed by atoms with Crippen molar-refractivity contribution in [2.45, 2.75) is 24.5 Å². The molecule has 0 fully saturated rings. The summed E-state index contributed by atoms with van der Waals surface area (Å²) in [5.41, 5.74) is 1.10. The second kappa shape index (κ2) is 6.73. The van der Waals surface area contributed by atoms with Gasteiger partial charge in [-0.25, -0.2) is 4.98 Å². The minimum Gasteiger partial charge on any atom is -0.426 e. The minimum absolute atomic E-state index is 0.299. The number of esters is 1. The number of thiol groups is 1. The van der Waals surface area contributed by atoms with E-state index >= 15 is 0 Å². The van der Waals surface area contributed by atoms with E-state index in [4.69, 9.17) is 4.74 Å². The summed E-state index contributed by atoms with van der Waals surface area (Å²) in [6, 6.07) is 5.19. The van der Waals surface area contributed by atoms with Crippen molar-refractivity contribution in [3.05, 3.63) is 35.5 Å². The van der Waals surface area contributed by atoms with Gasteiger partial charge in [0.05, 0.1) is 16.0 Å². The Morgan fingerprint density at radius 2 is 2.19 bits per heavy atom. The van der Waals surface area contributed by atoms with E-state index in [2.05, 4.69) is 22.9 Å². The van der Waals surface area contributed by atoms with Gasteiger partial charge in [0, 0.05) is 6.92 Å². The molecule has 0 radical (unpaired) electrons. The molecule has 0 aliphatic carbocycles. The maximum Gasteiger partial charge on any atom is 0.308 e. The fraction of sp³-hybridized carbons (Fsp3) is 0.214. The van der Waals surface area contributed by atoms with Crippen molar-refractivity contribution < 1.29 is 14.3 Å². The third-order valence-electron chi connectivity index (χ3n) is 2.68. The molecular weight excluding hydrogens is 308 g/mol. The van der Waals surface area contributed by atoms with Crippen LogP contribution in [0.2, 0.25) is 0 Å². The number of benzene rings is 1. The number of anilines is 1. The number of nitrogens with one attached hydrogen (secondary N) is 1. The number of carbonyl (C=O) groups is 2. The van der Waals surface area contributed by atoms with Gasteiger partial charge in [0.2, 0.25) is 0 Å². The van der Waals surface area contributed by atoms with Crippen molar-refractivity contribution in [1.29, 1.82) is 0 Å². The van der Waals surface area contributed by atoms with Gasteiger partial charge >= 0.3 is 5.97 Å². The SMILES string of the molecule is CCc1cccc(C(=O)Nc2ncc(S)s2)c1OC(C)=O. The number of amides is 1. The molecule has 1 aromatic carbocycles. The van der Waals surface area contributed by atoms with Crippen LogP contribution in [0.1, 0.15) is 29.8 Å². The number of hydrogen-bond donors (Lipinski definition) is 2. The van der Waals surface area contributed by atoms with Gasteiger partial charge in [-0.3, -0.25) is 14.9 Å². The molecule has 2 rings (SSSR count). The molecule has 1 heterocycles. The number of nitrogens with zero attached hydrogens (tertiary/aromatic N) is 1. The average molecular weight is 322 g/mol. The molecule has 2 aromatic rings. The van der Waals surface area contributed by atoms with Gasteiger partial charge in [-0.2, -0.15) is 0 Å². The highest BCUT2D eigenvalue weighted by Crippen LogP contribution is 2.27. The molecule has 7 heteroatoms. The molecule has 0 saturated carbocycles. The van der Waals surface area contributed by atoms with Crippen LogP contribution < -0.4 is 10.1 Å². The summed E-state index contributed by atoms with van der Waals surface area (Å²) in [4.78, 5) is 27.6. The van der Waals surface area contributed by atoms with Crippen LogP contribution in [-0.4, -0.2) is 16.9 Å². The molecule has 0 unspecified atom stereocenters. The van der Waals surface area contributed by atoms with Gasteiger partial charge in [0.1, 0.15) is 5.75 Å². The standard InChI is InChI=1S/C14H14N2O3S2/c1-3-9-5-4-6-10(12(9)19-8(2)17)13(18)16-14-15-7-11(20)21-14/h4-7,20H,3H2,1-2H3,(H,15,16,18). The van der Waals surface area contributed by atoms with Gasteiger partial charge in [0.25, 0.3) is 5.91 Å². The summed E-state index contributed by atoms with van der Waals surface area (Å²) in [7, 11) is 0. The third kappa shape index (κ3) is 3.83. The van der Waals surface area contributed by atoms with Crippen LogP contribution in [0.5, 0.6) is 5.75 Å². The first-order valence-electron chi connectivity index (χ1n) is 6.27. The Kier molecular flexibility index (Phi) is 4.98. The van der Waals surface area contributed by atoms with Crippen LogP contribution in [0.3, 0.4) is 0 Å². The van der Waals surface area contributed by atoms with Crippen LogP contribution in [-0.2, 0) is 11.2 Å². The number of carbonyl (C=O) groups excluding carboxylic acids is 2. The van der Waals surface area contributed by atoms with E-state index in [0.717, 1.165) is 5.56 Å². The molecule has 1 N–H and O–H groups in total. The van der Waals surface area contributed by atoms with Crippen molar-refractivity contribution >= 4 is 41.0 Å². The van der Waals surface area contributed by atoms with Crippen LogP contribution in [0.15, 0.2) is 28.6 Å². The second-order valence-corrected chi connectivity index (χ2v) is 6.01. The molecule has 0 aliphatic heterocycles. The predicted molar refractivity (Wildman–Crippen MR) is 84.4 cm³/mol. The number of ether oxygens (including phenoxy) is 1. The lowest BCUT2D eigenvalue weighted by atomic mass is 10.1. The Balaban J connectivity index is 2.33. The Morgan fingerprint density at radius 1 is 1.43 bits per heavy atom. The zero-order valence-electron chi connectivity index (χ0n) is 11.5. The van der Waals surface area contributed by atoms with Gasteiger partial charge < -0.3 is 4.74 Å².